The van der Waals surface area contributed by atoms with Gasteiger partial charge in [0.2, 0.25) is 0 Å². The van der Waals surface area contributed by atoms with Crippen LogP contribution >= 0.6 is 0 Å². The molecule has 3 nitrogen and oxygen atoms in total. The van der Waals surface area contributed by atoms with Gasteiger partial charge in [-0.05, 0) is 84.3 Å². The molecule has 0 aromatic carbocycles. The molecule has 1 unspecified atom stereocenters. The van der Waals surface area contributed by atoms with Gasteiger partial charge in [0.15, 0.2) is 0 Å². The Morgan fingerprint density at radius 2 is 1.97 bits per heavy atom. The van der Waals surface area contributed by atoms with Crippen LogP contribution in [0, 0.1) is 28.6 Å². The highest BCUT2D eigenvalue weighted by molar-refractivity contribution is 5.72. The zero-order valence-electron chi connectivity index (χ0n) is 18.7. The number of nitrogens with zero attached hydrogens (tertiary/aromatic N) is 1. The molecular weight excluding hydrogens is 370 g/mol. The van der Waals surface area contributed by atoms with Crippen LogP contribution in [0.5, 0.6) is 0 Å². The Hall–Kier alpha value is -1.90. The quantitative estimate of drug-likeness (QED) is 0.434. The number of allylic oxidation sites excluding steroid dienone is 3. The van der Waals surface area contributed by atoms with E-state index in [-0.39, 0.29) is 22.9 Å². The second-order valence-electron chi connectivity index (χ2n) is 10.5. The van der Waals surface area contributed by atoms with E-state index in [0.29, 0.717) is 6.42 Å². The maximum Gasteiger partial charge on any atom is 0.305 e. The molecule has 0 radical (unpaired) electrons. The van der Waals surface area contributed by atoms with Gasteiger partial charge in [-0.3, -0.25) is 9.78 Å². The molecule has 0 spiro atoms. The minimum Gasteiger partial charge on any atom is -0.462 e. The highest BCUT2D eigenvalue weighted by Crippen LogP contribution is 2.66. The summed E-state index contributed by atoms with van der Waals surface area (Å²) in [6, 6.07) is 4.30. The monoisotopic (exact) mass is 405 g/mol. The smallest absolute Gasteiger partial charge is 0.305 e. The van der Waals surface area contributed by atoms with Crippen molar-refractivity contribution < 1.29 is 9.53 Å². The normalized spacial score (nSPS) is 39.8. The van der Waals surface area contributed by atoms with Crippen molar-refractivity contribution in [2.24, 2.45) is 28.6 Å². The highest BCUT2D eigenvalue weighted by atomic mass is 16.5. The molecule has 1 heterocycles. The zero-order chi connectivity index (χ0) is 20.9. The van der Waals surface area contributed by atoms with E-state index in [9.17, 15) is 4.79 Å². The minimum absolute atomic E-state index is 0.0497. The number of carbonyl (C=O) groups excluding carboxylic acids is 1. The maximum absolute atomic E-state index is 11.8. The first kappa shape index (κ1) is 20.0. The fourth-order valence-corrected chi connectivity index (χ4v) is 7.53. The van der Waals surface area contributed by atoms with Crippen LogP contribution in [0.4, 0.5) is 0 Å². The van der Waals surface area contributed by atoms with Crippen molar-refractivity contribution >= 4 is 11.5 Å². The standard InChI is InChI=1S/C27H35NO2/c1-4-25(29)30-20-11-13-26(2)19(16-20)7-8-21-23-10-9-22(18-6-5-15-28-17-18)27(23,3)14-12-24(21)26/h5-7,9,15,17,20-21,23-24H,4,8,10-14,16H2,1-3H3/t20-,21-,23?,24-,26-,27+/m0/s1. The summed E-state index contributed by atoms with van der Waals surface area (Å²) >= 11 is 0. The van der Waals surface area contributed by atoms with Gasteiger partial charge in [0.25, 0.3) is 0 Å². The average Bonchev–Trinajstić information content (AvgIpc) is 3.11. The Bertz CT molecular complexity index is 887. The van der Waals surface area contributed by atoms with E-state index in [1.807, 2.05) is 19.3 Å². The van der Waals surface area contributed by atoms with Gasteiger partial charge in [-0.25, -0.2) is 0 Å². The zero-order valence-corrected chi connectivity index (χ0v) is 18.7. The number of carbonyl (C=O) groups is 1. The van der Waals surface area contributed by atoms with E-state index in [2.05, 4.69) is 43.1 Å². The Morgan fingerprint density at radius 3 is 2.73 bits per heavy atom. The molecule has 2 saturated carbocycles. The molecule has 4 aliphatic rings. The molecule has 160 valence electrons. The van der Waals surface area contributed by atoms with Crippen LogP contribution in [-0.4, -0.2) is 17.1 Å². The van der Waals surface area contributed by atoms with Crippen molar-refractivity contribution in [1.82, 2.24) is 4.98 Å². The second-order valence-corrected chi connectivity index (χ2v) is 10.5. The van der Waals surface area contributed by atoms with Gasteiger partial charge in [0.05, 0.1) is 0 Å². The summed E-state index contributed by atoms with van der Waals surface area (Å²) in [7, 11) is 0. The molecule has 0 saturated heterocycles. The lowest BCUT2D eigenvalue weighted by Gasteiger charge is -2.57. The van der Waals surface area contributed by atoms with E-state index in [0.717, 1.165) is 37.0 Å². The number of esters is 1. The van der Waals surface area contributed by atoms with Crippen molar-refractivity contribution in [2.75, 3.05) is 0 Å². The van der Waals surface area contributed by atoms with Gasteiger partial charge in [0, 0.05) is 25.2 Å². The topological polar surface area (TPSA) is 39.2 Å². The van der Waals surface area contributed by atoms with Crippen molar-refractivity contribution in [3.05, 3.63) is 47.8 Å². The van der Waals surface area contributed by atoms with Gasteiger partial charge in [-0.15, -0.1) is 0 Å². The lowest BCUT2D eigenvalue weighted by Crippen LogP contribution is -2.50. The van der Waals surface area contributed by atoms with Crippen LogP contribution in [0.25, 0.3) is 5.57 Å². The number of pyridine rings is 1. The van der Waals surface area contributed by atoms with E-state index < -0.39 is 0 Å². The third-order valence-corrected chi connectivity index (χ3v) is 9.20. The molecule has 1 aromatic heterocycles. The van der Waals surface area contributed by atoms with E-state index in [1.54, 1.807) is 5.57 Å². The number of ether oxygens (including phenoxy) is 1. The average molecular weight is 406 g/mol. The Labute approximate surface area is 181 Å². The molecule has 0 amide bonds. The van der Waals surface area contributed by atoms with Crippen molar-refractivity contribution in [3.63, 3.8) is 0 Å². The van der Waals surface area contributed by atoms with Crippen LogP contribution in [0.3, 0.4) is 0 Å². The van der Waals surface area contributed by atoms with Gasteiger partial charge in [-0.1, -0.05) is 44.6 Å². The number of rotatable bonds is 3. The van der Waals surface area contributed by atoms with Gasteiger partial charge < -0.3 is 4.74 Å². The van der Waals surface area contributed by atoms with E-state index in [1.165, 1.54) is 36.8 Å². The summed E-state index contributed by atoms with van der Waals surface area (Å²) in [5.74, 6) is 2.21. The molecule has 4 aliphatic carbocycles. The summed E-state index contributed by atoms with van der Waals surface area (Å²) < 4.78 is 5.72. The van der Waals surface area contributed by atoms with Crippen molar-refractivity contribution in [2.45, 2.75) is 78.2 Å². The van der Waals surface area contributed by atoms with Crippen molar-refractivity contribution in [3.8, 4) is 0 Å². The third kappa shape index (κ3) is 2.99. The number of fused-ring (bicyclic) bond motifs is 5. The van der Waals surface area contributed by atoms with E-state index in [4.69, 9.17) is 4.74 Å². The molecule has 3 heteroatoms. The third-order valence-electron chi connectivity index (χ3n) is 9.20. The minimum atomic E-state index is -0.0497. The first-order chi connectivity index (χ1) is 14.5. The maximum atomic E-state index is 11.8. The van der Waals surface area contributed by atoms with E-state index >= 15 is 0 Å². The second kappa shape index (κ2) is 7.35. The summed E-state index contributed by atoms with van der Waals surface area (Å²) in [6.07, 6.45) is 17.7. The molecule has 0 aliphatic heterocycles. The van der Waals surface area contributed by atoms with Crippen LogP contribution in [-0.2, 0) is 9.53 Å². The number of aromatic nitrogens is 1. The van der Waals surface area contributed by atoms with Gasteiger partial charge >= 0.3 is 5.97 Å². The van der Waals surface area contributed by atoms with Crippen LogP contribution in [0.15, 0.2) is 42.3 Å². The van der Waals surface area contributed by atoms with Crippen LogP contribution in [0.2, 0.25) is 0 Å². The Morgan fingerprint density at radius 1 is 1.13 bits per heavy atom. The fourth-order valence-electron chi connectivity index (χ4n) is 7.53. The molecule has 2 fully saturated rings. The van der Waals surface area contributed by atoms with Crippen LogP contribution < -0.4 is 0 Å². The van der Waals surface area contributed by atoms with Gasteiger partial charge in [-0.2, -0.15) is 0 Å². The molecule has 5 rings (SSSR count). The molecule has 6 atom stereocenters. The Balaban J connectivity index is 1.38. The lowest BCUT2D eigenvalue weighted by atomic mass is 9.47. The van der Waals surface area contributed by atoms with Crippen LogP contribution in [0.1, 0.15) is 77.7 Å². The predicted molar refractivity (Wildman–Crippen MR) is 119 cm³/mol. The van der Waals surface area contributed by atoms with Gasteiger partial charge in [0.1, 0.15) is 6.10 Å². The molecule has 30 heavy (non-hydrogen) atoms. The largest absolute Gasteiger partial charge is 0.462 e. The molecule has 0 bridgehead atoms. The lowest BCUT2D eigenvalue weighted by molar-refractivity contribution is -0.150. The number of hydrogen-bond acceptors (Lipinski definition) is 3. The van der Waals surface area contributed by atoms with Crippen molar-refractivity contribution in [1.29, 1.82) is 0 Å². The summed E-state index contributed by atoms with van der Waals surface area (Å²) in [5, 5.41) is 0. The SMILES string of the molecule is CCC(=O)O[C@H]1CC[C@@]2(C)C(=CC[C@H]3C4CC=C(c5cccnc5)[C@@]4(C)CC[C@@H]32)C1. The fraction of sp³-hybridized carbons (Fsp3) is 0.630. The molecular formula is C27H35NO2. The molecule has 0 N–H and O–H groups in total. The number of hydrogen-bond donors (Lipinski definition) is 0. The molecule has 1 aromatic rings. The predicted octanol–water partition coefficient (Wildman–Crippen LogP) is 6.36. The summed E-state index contributed by atoms with van der Waals surface area (Å²) in [4.78, 5) is 16.2. The first-order valence-electron chi connectivity index (χ1n) is 12.0. The highest BCUT2D eigenvalue weighted by Gasteiger charge is 2.57. The Kier molecular flexibility index (Phi) is 4.91. The first-order valence-corrected chi connectivity index (χ1v) is 12.0. The summed E-state index contributed by atoms with van der Waals surface area (Å²) in [6.45, 7) is 6.91. The summed E-state index contributed by atoms with van der Waals surface area (Å²) in [5.41, 5.74) is 4.99.